The van der Waals surface area contributed by atoms with Gasteiger partial charge in [0.15, 0.2) is 0 Å². The fraction of sp³-hybridized carbons (Fsp3) is 0.652. The van der Waals surface area contributed by atoms with Crippen LogP contribution in [0.2, 0.25) is 0 Å². The first-order valence-corrected chi connectivity index (χ1v) is 10.9. The molecule has 5 heteroatoms. The zero-order valence-electron chi connectivity index (χ0n) is 17.6. The fourth-order valence-corrected chi connectivity index (χ4v) is 4.77. The van der Waals surface area contributed by atoms with Gasteiger partial charge in [-0.25, -0.2) is 4.98 Å². The average molecular weight is 383 g/mol. The lowest BCUT2D eigenvalue weighted by molar-refractivity contribution is -0.133. The van der Waals surface area contributed by atoms with Gasteiger partial charge < -0.3 is 10.2 Å². The highest BCUT2D eigenvalue weighted by molar-refractivity contribution is 5.76. The number of aromatic nitrogens is 2. The van der Waals surface area contributed by atoms with Crippen LogP contribution in [0.5, 0.6) is 0 Å². The molecule has 1 saturated heterocycles. The number of pyridine rings is 1. The van der Waals surface area contributed by atoms with Crippen molar-refractivity contribution in [3.8, 4) is 0 Å². The summed E-state index contributed by atoms with van der Waals surface area (Å²) in [7, 11) is 0. The van der Waals surface area contributed by atoms with Crippen molar-refractivity contribution < 1.29 is 4.79 Å². The number of rotatable bonds is 4. The number of amides is 1. The van der Waals surface area contributed by atoms with Gasteiger partial charge in [-0.3, -0.25) is 9.20 Å². The van der Waals surface area contributed by atoms with E-state index in [-0.39, 0.29) is 5.54 Å². The Hall–Kier alpha value is -2.04. The number of imidazole rings is 1. The molecule has 4 rings (SSSR count). The molecule has 1 amide bonds. The number of anilines is 1. The summed E-state index contributed by atoms with van der Waals surface area (Å²) in [6.07, 6.45) is 9.93. The number of piperidine rings is 1. The van der Waals surface area contributed by atoms with Crippen molar-refractivity contribution >= 4 is 17.4 Å². The largest absolute Gasteiger partial charge is 0.365 e. The van der Waals surface area contributed by atoms with E-state index in [1.165, 1.54) is 25.7 Å². The maximum atomic E-state index is 12.7. The lowest BCUT2D eigenvalue weighted by Gasteiger charge is -2.33. The maximum Gasteiger partial charge on any atom is 0.222 e. The molecule has 152 valence electrons. The SMILES string of the molecule is CC(C)(C)Nc1c(C2CCN(C(=O)CC3CCCC3)CC2)nc2ccccn12. The Morgan fingerprint density at radius 1 is 1.14 bits per heavy atom. The van der Waals surface area contributed by atoms with Crippen LogP contribution in [0.4, 0.5) is 5.82 Å². The minimum Gasteiger partial charge on any atom is -0.365 e. The molecule has 0 radical (unpaired) electrons. The van der Waals surface area contributed by atoms with Crippen LogP contribution in [0.15, 0.2) is 24.4 Å². The Labute approximate surface area is 168 Å². The van der Waals surface area contributed by atoms with Gasteiger partial charge >= 0.3 is 0 Å². The van der Waals surface area contributed by atoms with Crippen LogP contribution in [0.1, 0.15) is 77.3 Å². The van der Waals surface area contributed by atoms with Crippen molar-refractivity contribution in [1.82, 2.24) is 14.3 Å². The molecule has 0 atom stereocenters. The van der Waals surface area contributed by atoms with E-state index in [2.05, 4.69) is 53.7 Å². The molecule has 1 N–H and O–H groups in total. The lowest BCUT2D eigenvalue weighted by atomic mass is 9.92. The minimum absolute atomic E-state index is 0.0293. The molecule has 2 fully saturated rings. The third-order valence-corrected chi connectivity index (χ3v) is 6.22. The summed E-state index contributed by atoms with van der Waals surface area (Å²) in [5, 5.41) is 3.67. The molecule has 1 saturated carbocycles. The zero-order chi connectivity index (χ0) is 19.7. The Morgan fingerprint density at radius 2 is 1.86 bits per heavy atom. The van der Waals surface area contributed by atoms with Crippen LogP contribution in [-0.4, -0.2) is 38.8 Å². The predicted octanol–water partition coefficient (Wildman–Crippen LogP) is 4.83. The van der Waals surface area contributed by atoms with E-state index in [0.29, 0.717) is 17.7 Å². The summed E-state index contributed by atoms with van der Waals surface area (Å²) in [5.41, 5.74) is 2.12. The first kappa shape index (κ1) is 19.3. The number of nitrogens with one attached hydrogen (secondary N) is 1. The Morgan fingerprint density at radius 3 is 2.54 bits per heavy atom. The summed E-state index contributed by atoms with van der Waals surface area (Å²) in [6.45, 7) is 8.27. The second-order valence-electron chi connectivity index (χ2n) is 9.66. The van der Waals surface area contributed by atoms with Crippen LogP contribution < -0.4 is 5.32 Å². The number of fused-ring (bicyclic) bond motifs is 1. The highest BCUT2D eigenvalue weighted by Gasteiger charge is 2.30. The first-order chi connectivity index (χ1) is 13.4. The Kier molecular flexibility index (Phi) is 5.35. The van der Waals surface area contributed by atoms with E-state index in [0.717, 1.165) is 49.5 Å². The number of carbonyl (C=O) groups is 1. The quantitative estimate of drug-likeness (QED) is 0.824. The number of carbonyl (C=O) groups excluding carboxylic acids is 1. The Bertz CT molecular complexity index is 821. The van der Waals surface area contributed by atoms with Gasteiger partial charge in [0.1, 0.15) is 11.5 Å². The second kappa shape index (κ2) is 7.76. The van der Waals surface area contributed by atoms with Crippen molar-refractivity contribution in [1.29, 1.82) is 0 Å². The molecule has 1 aliphatic carbocycles. The zero-order valence-corrected chi connectivity index (χ0v) is 17.6. The first-order valence-electron chi connectivity index (χ1n) is 10.9. The van der Waals surface area contributed by atoms with E-state index >= 15 is 0 Å². The van der Waals surface area contributed by atoms with Gasteiger partial charge in [-0.05, 0) is 64.5 Å². The third-order valence-electron chi connectivity index (χ3n) is 6.22. The van der Waals surface area contributed by atoms with Gasteiger partial charge in [-0.2, -0.15) is 0 Å². The van der Waals surface area contributed by atoms with E-state index in [1.54, 1.807) is 0 Å². The van der Waals surface area contributed by atoms with Crippen molar-refractivity contribution in [2.24, 2.45) is 5.92 Å². The normalized spacial score (nSPS) is 19.5. The van der Waals surface area contributed by atoms with Gasteiger partial charge in [-0.1, -0.05) is 18.9 Å². The molecule has 3 heterocycles. The van der Waals surface area contributed by atoms with Gasteiger partial charge in [0.25, 0.3) is 0 Å². The summed E-state index contributed by atoms with van der Waals surface area (Å²) >= 11 is 0. The number of likely N-dealkylation sites (tertiary alicyclic amines) is 1. The van der Waals surface area contributed by atoms with Crippen molar-refractivity contribution in [3.05, 3.63) is 30.1 Å². The standard InChI is InChI=1S/C23H34N4O/c1-23(2,3)25-22-21(24-19-10-6-7-13-27(19)22)18-11-14-26(15-12-18)20(28)16-17-8-4-5-9-17/h6-7,10,13,17-18,25H,4-5,8-9,11-12,14-16H2,1-3H3. The van der Waals surface area contributed by atoms with E-state index in [9.17, 15) is 4.79 Å². The molecule has 0 spiro atoms. The van der Waals surface area contributed by atoms with Gasteiger partial charge in [-0.15, -0.1) is 0 Å². The highest BCUT2D eigenvalue weighted by atomic mass is 16.2. The number of hydrogen-bond acceptors (Lipinski definition) is 3. The fourth-order valence-electron chi connectivity index (χ4n) is 4.77. The average Bonchev–Trinajstić information content (AvgIpc) is 3.29. The van der Waals surface area contributed by atoms with Crippen LogP contribution in [-0.2, 0) is 4.79 Å². The molecule has 0 bridgehead atoms. The smallest absolute Gasteiger partial charge is 0.222 e. The lowest BCUT2D eigenvalue weighted by Crippen LogP contribution is -2.38. The van der Waals surface area contributed by atoms with Gasteiger partial charge in [0.2, 0.25) is 5.91 Å². The summed E-state index contributed by atoms with van der Waals surface area (Å²) in [4.78, 5) is 19.8. The molecular weight excluding hydrogens is 348 g/mol. The number of hydrogen-bond donors (Lipinski definition) is 1. The molecule has 2 aliphatic rings. The van der Waals surface area contributed by atoms with Gasteiger partial charge in [0, 0.05) is 37.2 Å². The van der Waals surface area contributed by atoms with Crippen LogP contribution in [0, 0.1) is 5.92 Å². The van der Waals surface area contributed by atoms with Gasteiger partial charge in [0.05, 0.1) is 5.69 Å². The van der Waals surface area contributed by atoms with Crippen molar-refractivity contribution in [2.75, 3.05) is 18.4 Å². The molecule has 5 nitrogen and oxygen atoms in total. The van der Waals surface area contributed by atoms with E-state index in [4.69, 9.17) is 4.98 Å². The van der Waals surface area contributed by atoms with Crippen LogP contribution in [0.25, 0.3) is 5.65 Å². The monoisotopic (exact) mass is 382 g/mol. The number of nitrogens with zero attached hydrogens (tertiary/aromatic N) is 3. The predicted molar refractivity (Wildman–Crippen MR) is 114 cm³/mol. The summed E-state index contributed by atoms with van der Waals surface area (Å²) in [5.74, 6) is 2.51. The second-order valence-corrected chi connectivity index (χ2v) is 9.66. The molecule has 2 aromatic rings. The molecular formula is C23H34N4O. The maximum absolute atomic E-state index is 12.7. The topological polar surface area (TPSA) is 49.6 Å². The molecule has 0 unspecified atom stereocenters. The minimum atomic E-state index is -0.0293. The molecule has 28 heavy (non-hydrogen) atoms. The Balaban J connectivity index is 1.47. The molecule has 1 aliphatic heterocycles. The highest BCUT2D eigenvalue weighted by Crippen LogP contribution is 2.35. The molecule has 0 aromatic carbocycles. The summed E-state index contributed by atoms with van der Waals surface area (Å²) in [6, 6.07) is 6.16. The van der Waals surface area contributed by atoms with Crippen LogP contribution >= 0.6 is 0 Å². The van der Waals surface area contributed by atoms with Crippen molar-refractivity contribution in [2.45, 2.75) is 77.2 Å². The third kappa shape index (κ3) is 4.18. The van der Waals surface area contributed by atoms with Crippen LogP contribution in [0.3, 0.4) is 0 Å². The molecule has 2 aromatic heterocycles. The summed E-state index contributed by atoms with van der Waals surface area (Å²) < 4.78 is 2.16. The van der Waals surface area contributed by atoms with E-state index < -0.39 is 0 Å². The van der Waals surface area contributed by atoms with E-state index in [1.807, 2.05) is 6.07 Å². The van der Waals surface area contributed by atoms with Crippen molar-refractivity contribution in [3.63, 3.8) is 0 Å².